The van der Waals surface area contributed by atoms with Crippen LogP contribution in [-0.4, -0.2) is 28.5 Å². The van der Waals surface area contributed by atoms with Gasteiger partial charge in [-0.3, -0.25) is 9.62 Å². The van der Waals surface area contributed by atoms with Crippen LogP contribution in [0, 0.1) is 0 Å². The van der Waals surface area contributed by atoms with Crippen molar-refractivity contribution in [1.29, 1.82) is 0 Å². The second kappa shape index (κ2) is 6.02. The van der Waals surface area contributed by atoms with Crippen molar-refractivity contribution < 1.29 is 0 Å². The van der Waals surface area contributed by atoms with Gasteiger partial charge in [-0.2, -0.15) is 0 Å². The number of nitrogens with one attached hydrogen (secondary N) is 2. The Hall–Kier alpha value is -0.620. The molecular weight excluding hydrogens is 286 g/mol. The van der Waals surface area contributed by atoms with Gasteiger partial charge < -0.3 is 5.32 Å². The highest BCUT2D eigenvalue weighted by atomic mass is 32.2. The minimum absolute atomic E-state index is 0.105. The highest BCUT2D eigenvalue weighted by molar-refractivity contribution is 7.99. The Morgan fingerprint density at radius 1 is 1.40 bits per heavy atom. The van der Waals surface area contributed by atoms with Gasteiger partial charge in [-0.1, -0.05) is 49.5 Å². The molecule has 2 N–H and O–H groups in total. The highest BCUT2D eigenvalue weighted by Crippen LogP contribution is 2.41. The SMILES string of the molecule is CCC(NC)(SN1CNC(C)(C)C1=S)c1ccccc1. The van der Waals surface area contributed by atoms with Crippen molar-refractivity contribution >= 4 is 29.2 Å². The maximum Gasteiger partial charge on any atom is 0.110 e. The zero-order valence-corrected chi connectivity index (χ0v) is 14.2. The summed E-state index contributed by atoms with van der Waals surface area (Å²) in [6.07, 6.45) is 0.984. The lowest BCUT2D eigenvalue weighted by molar-refractivity contribution is 0.496. The Bertz CT molecular complexity index is 469. The maximum absolute atomic E-state index is 5.61. The van der Waals surface area contributed by atoms with E-state index < -0.39 is 0 Å². The summed E-state index contributed by atoms with van der Waals surface area (Å²) in [5, 5.41) is 6.94. The quantitative estimate of drug-likeness (QED) is 0.495. The monoisotopic (exact) mass is 309 g/mol. The molecule has 5 heteroatoms. The molecule has 20 heavy (non-hydrogen) atoms. The van der Waals surface area contributed by atoms with E-state index in [2.05, 4.69) is 66.0 Å². The molecule has 0 spiro atoms. The zero-order valence-electron chi connectivity index (χ0n) is 12.6. The first kappa shape index (κ1) is 15.8. The van der Waals surface area contributed by atoms with Gasteiger partial charge in [-0.25, -0.2) is 0 Å². The van der Waals surface area contributed by atoms with E-state index in [9.17, 15) is 0 Å². The molecule has 3 nitrogen and oxygen atoms in total. The van der Waals surface area contributed by atoms with E-state index >= 15 is 0 Å². The van der Waals surface area contributed by atoms with Crippen molar-refractivity contribution in [1.82, 2.24) is 14.9 Å². The second-order valence-electron chi connectivity index (χ2n) is 5.53. The van der Waals surface area contributed by atoms with Gasteiger partial charge in [0.1, 0.15) is 9.86 Å². The fourth-order valence-electron chi connectivity index (χ4n) is 2.39. The number of thiocarbonyl (C=S) groups is 1. The lowest BCUT2D eigenvalue weighted by Crippen LogP contribution is -2.41. The summed E-state index contributed by atoms with van der Waals surface area (Å²) in [7, 11) is 2.02. The third-order valence-electron chi connectivity index (χ3n) is 3.83. The van der Waals surface area contributed by atoms with Crippen LogP contribution in [0.1, 0.15) is 32.8 Å². The third kappa shape index (κ3) is 2.86. The molecule has 0 amide bonds. The van der Waals surface area contributed by atoms with Crippen LogP contribution in [0.25, 0.3) is 0 Å². The summed E-state index contributed by atoms with van der Waals surface area (Å²) in [4.78, 5) is 0.819. The van der Waals surface area contributed by atoms with E-state index in [0.29, 0.717) is 0 Å². The van der Waals surface area contributed by atoms with E-state index in [1.54, 1.807) is 11.9 Å². The van der Waals surface area contributed by atoms with Crippen molar-refractivity contribution in [3.8, 4) is 0 Å². The van der Waals surface area contributed by atoms with Crippen LogP contribution >= 0.6 is 24.2 Å². The molecule has 0 radical (unpaired) electrons. The van der Waals surface area contributed by atoms with Crippen LogP contribution in [0.3, 0.4) is 0 Å². The molecule has 1 atom stereocenters. The van der Waals surface area contributed by atoms with Gasteiger partial charge in [0.05, 0.1) is 12.2 Å². The lowest BCUT2D eigenvalue weighted by Gasteiger charge is -2.36. The average molecular weight is 310 g/mol. The van der Waals surface area contributed by atoms with Gasteiger partial charge >= 0.3 is 0 Å². The van der Waals surface area contributed by atoms with Gasteiger partial charge in [0, 0.05) is 0 Å². The van der Waals surface area contributed by atoms with Gasteiger partial charge in [0.2, 0.25) is 0 Å². The van der Waals surface area contributed by atoms with E-state index in [-0.39, 0.29) is 10.4 Å². The number of hydrogen-bond acceptors (Lipinski definition) is 4. The van der Waals surface area contributed by atoms with Crippen molar-refractivity contribution in [3.05, 3.63) is 35.9 Å². The first-order valence-corrected chi connectivity index (χ1v) is 8.14. The topological polar surface area (TPSA) is 27.3 Å². The Morgan fingerprint density at radius 3 is 2.50 bits per heavy atom. The molecule has 1 aromatic carbocycles. The predicted octanol–water partition coefficient (Wildman–Crippen LogP) is 3.09. The Kier molecular flexibility index (Phi) is 4.74. The Labute approximate surface area is 131 Å². The first-order valence-electron chi connectivity index (χ1n) is 6.96. The largest absolute Gasteiger partial charge is 0.301 e. The Morgan fingerprint density at radius 2 is 2.05 bits per heavy atom. The molecule has 110 valence electrons. The summed E-state index contributed by atoms with van der Waals surface area (Å²) in [5.74, 6) is 0. The minimum Gasteiger partial charge on any atom is -0.301 e. The smallest absolute Gasteiger partial charge is 0.110 e. The summed E-state index contributed by atoms with van der Waals surface area (Å²) >= 11 is 7.39. The molecule has 1 fully saturated rings. The predicted molar refractivity (Wildman–Crippen MR) is 91.6 cm³/mol. The van der Waals surface area contributed by atoms with Crippen LogP contribution in [0.4, 0.5) is 0 Å². The van der Waals surface area contributed by atoms with Crippen LogP contribution in [-0.2, 0) is 4.87 Å². The molecule has 1 aliphatic rings. The molecule has 0 saturated carbocycles. The van der Waals surface area contributed by atoms with Crippen molar-refractivity contribution in [2.45, 2.75) is 37.6 Å². The normalized spacial score (nSPS) is 21.0. The maximum atomic E-state index is 5.61. The van der Waals surface area contributed by atoms with E-state index in [4.69, 9.17) is 12.2 Å². The number of hydrogen-bond donors (Lipinski definition) is 2. The molecule has 1 unspecified atom stereocenters. The van der Waals surface area contributed by atoms with Crippen molar-refractivity contribution in [3.63, 3.8) is 0 Å². The fourth-order valence-corrected chi connectivity index (χ4v) is 3.91. The molecule has 1 heterocycles. The number of nitrogens with zero attached hydrogens (tertiary/aromatic N) is 1. The van der Waals surface area contributed by atoms with Crippen LogP contribution in [0.15, 0.2) is 30.3 Å². The van der Waals surface area contributed by atoms with Crippen molar-refractivity contribution in [2.24, 2.45) is 0 Å². The number of rotatable bonds is 5. The van der Waals surface area contributed by atoms with Crippen LogP contribution in [0.2, 0.25) is 0 Å². The lowest BCUT2D eigenvalue weighted by atomic mass is 10.0. The van der Waals surface area contributed by atoms with E-state index in [1.807, 2.05) is 7.05 Å². The Balaban J connectivity index is 2.25. The molecule has 0 bridgehead atoms. The van der Waals surface area contributed by atoms with Gasteiger partial charge in [0.25, 0.3) is 0 Å². The first-order chi connectivity index (χ1) is 9.45. The zero-order chi connectivity index (χ0) is 14.8. The number of benzene rings is 1. The highest BCUT2D eigenvalue weighted by Gasteiger charge is 2.40. The van der Waals surface area contributed by atoms with Gasteiger partial charge in [-0.05, 0) is 44.8 Å². The van der Waals surface area contributed by atoms with Crippen LogP contribution < -0.4 is 10.6 Å². The van der Waals surface area contributed by atoms with E-state index in [0.717, 1.165) is 18.1 Å². The third-order valence-corrected chi connectivity index (χ3v) is 6.25. The molecule has 1 aromatic rings. The standard InChI is InChI=1S/C15H23N3S2/c1-5-15(16-4,12-9-7-6-8-10-12)20-18-11-17-14(2,3)13(18)19/h6-10,16-17H,5,11H2,1-4H3. The summed E-state index contributed by atoms with van der Waals surface area (Å²) in [6, 6.07) is 10.6. The molecule has 1 saturated heterocycles. The van der Waals surface area contributed by atoms with Gasteiger partial charge in [0.15, 0.2) is 0 Å². The molecule has 0 aliphatic carbocycles. The molecular formula is C15H23N3S2. The van der Waals surface area contributed by atoms with Crippen molar-refractivity contribution in [2.75, 3.05) is 13.7 Å². The van der Waals surface area contributed by atoms with E-state index in [1.165, 1.54) is 5.56 Å². The summed E-state index contributed by atoms with van der Waals surface area (Å²) in [6.45, 7) is 7.25. The average Bonchev–Trinajstić information content (AvgIpc) is 2.72. The molecule has 0 aromatic heterocycles. The summed E-state index contributed by atoms with van der Waals surface area (Å²) < 4.78 is 2.20. The molecule has 2 rings (SSSR count). The van der Waals surface area contributed by atoms with Crippen LogP contribution in [0.5, 0.6) is 0 Å². The second-order valence-corrected chi connectivity index (χ2v) is 7.24. The fraction of sp³-hybridized carbons (Fsp3) is 0.533. The van der Waals surface area contributed by atoms with Gasteiger partial charge in [-0.15, -0.1) is 0 Å². The minimum atomic E-state index is -0.145. The summed E-state index contributed by atoms with van der Waals surface area (Å²) in [5.41, 5.74) is 1.18. The molecule has 1 aliphatic heterocycles.